The van der Waals surface area contributed by atoms with Crippen molar-refractivity contribution in [3.63, 3.8) is 0 Å². The van der Waals surface area contributed by atoms with Crippen molar-refractivity contribution in [1.29, 1.82) is 0 Å². The molecule has 1 amide bonds. The molecule has 0 saturated carbocycles. The Balaban J connectivity index is 1.83. The molecule has 1 fully saturated rings. The normalized spacial score (nSPS) is 19.9. The first-order chi connectivity index (χ1) is 8.44. The van der Waals surface area contributed by atoms with Crippen LogP contribution in [0.2, 0.25) is 0 Å². The van der Waals surface area contributed by atoms with Crippen LogP contribution in [0.25, 0.3) is 0 Å². The molecular weight excluding hydrogens is 232 g/mol. The summed E-state index contributed by atoms with van der Waals surface area (Å²) in [6, 6.07) is 0.259. The van der Waals surface area contributed by atoms with E-state index in [0.717, 1.165) is 18.7 Å². The minimum Gasteiger partial charge on any atom is -0.444 e. The van der Waals surface area contributed by atoms with Gasteiger partial charge in [-0.15, -0.1) is 0 Å². The molecule has 1 atom stereocenters. The molecule has 2 rings (SSSR count). The molecule has 0 spiro atoms. The Bertz CT molecular complexity index is 397. The number of hydrogen-bond donors (Lipinski definition) is 2. The zero-order chi connectivity index (χ0) is 13.2. The Kier molecular flexibility index (Phi) is 3.45. The van der Waals surface area contributed by atoms with Crippen LogP contribution in [0.1, 0.15) is 27.2 Å². The minimum absolute atomic E-state index is 0.237. The van der Waals surface area contributed by atoms with Gasteiger partial charge >= 0.3 is 6.09 Å². The average molecular weight is 252 g/mol. The lowest BCUT2D eigenvalue weighted by molar-refractivity contribution is 0.0293. The molecule has 0 bridgehead atoms. The number of carbonyl (C=O) groups is 1. The van der Waals surface area contributed by atoms with Crippen molar-refractivity contribution in [2.75, 3.05) is 18.4 Å². The van der Waals surface area contributed by atoms with E-state index in [-0.39, 0.29) is 12.1 Å². The summed E-state index contributed by atoms with van der Waals surface area (Å²) in [5.41, 5.74) is 0.513. The highest BCUT2D eigenvalue weighted by Gasteiger charge is 2.29. The molecule has 1 aliphatic heterocycles. The Hall–Kier alpha value is -1.72. The lowest BCUT2D eigenvalue weighted by Gasteiger charge is -2.24. The van der Waals surface area contributed by atoms with Crippen molar-refractivity contribution < 1.29 is 9.53 Å². The summed E-state index contributed by atoms with van der Waals surface area (Å²) in [7, 11) is 0. The number of likely N-dealkylation sites (tertiary alicyclic amines) is 1. The van der Waals surface area contributed by atoms with Crippen LogP contribution >= 0.6 is 0 Å². The number of aromatic amines is 1. The van der Waals surface area contributed by atoms with E-state index in [2.05, 4.69) is 15.5 Å². The van der Waals surface area contributed by atoms with Crippen molar-refractivity contribution in [2.24, 2.45) is 0 Å². The molecular formula is C12H20N4O2. The van der Waals surface area contributed by atoms with E-state index < -0.39 is 5.60 Å². The number of nitrogens with one attached hydrogen (secondary N) is 2. The molecule has 0 aliphatic carbocycles. The summed E-state index contributed by atoms with van der Waals surface area (Å²) >= 11 is 0. The minimum atomic E-state index is -0.437. The highest BCUT2D eigenvalue weighted by molar-refractivity contribution is 5.68. The fourth-order valence-electron chi connectivity index (χ4n) is 1.94. The lowest BCUT2D eigenvalue weighted by Crippen LogP contribution is -2.36. The molecule has 6 nitrogen and oxygen atoms in total. The second kappa shape index (κ2) is 4.88. The quantitative estimate of drug-likeness (QED) is 0.842. The molecule has 1 saturated heterocycles. The summed E-state index contributed by atoms with van der Waals surface area (Å²) in [6.45, 7) is 7.02. The molecule has 1 aliphatic rings. The standard InChI is InChI=1S/C12H20N4O2/c1-12(2,3)18-11(17)16-5-4-9(8-16)15-10-6-13-14-7-10/h6-7,9,15H,4-5,8H2,1-3H3,(H,13,14). The molecule has 18 heavy (non-hydrogen) atoms. The van der Waals surface area contributed by atoms with E-state index in [1.54, 1.807) is 17.3 Å². The van der Waals surface area contributed by atoms with Crippen LogP contribution in [0, 0.1) is 0 Å². The molecule has 0 radical (unpaired) electrons. The topological polar surface area (TPSA) is 70.2 Å². The van der Waals surface area contributed by atoms with Crippen molar-refractivity contribution in [3.05, 3.63) is 12.4 Å². The first-order valence-electron chi connectivity index (χ1n) is 6.17. The van der Waals surface area contributed by atoms with Gasteiger partial charge in [0, 0.05) is 25.3 Å². The fourth-order valence-corrected chi connectivity index (χ4v) is 1.94. The van der Waals surface area contributed by atoms with Gasteiger partial charge in [-0.3, -0.25) is 5.10 Å². The number of hydrogen-bond acceptors (Lipinski definition) is 4. The molecule has 0 aromatic carbocycles. The summed E-state index contributed by atoms with van der Waals surface area (Å²) < 4.78 is 5.35. The Morgan fingerprint density at radius 1 is 1.61 bits per heavy atom. The van der Waals surface area contributed by atoms with E-state index >= 15 is 0 Å². The van der Waals surface area contributed by atoms with Gasteiger partial charge in [0.25, 0.3) is 0 Å². The lowest BCUT2D eigenvalue weighted by atomic mass is 10.2. The summed E-state index contributed by atoms with van der Waals surface area (Å²) in [5.74, 6) is 0. The molecule has 1 unspecified atom stereocenters. The molecule has 2 N–H and O–H groups in total. The van der Waals surface area contributed by atoms with Crippen LogP contribution in [0.5, 0.6) is 0 Å². The van der Waals surface area contributed by atoms with Crippen LogP contribution < -0.4 is 5.32 Å². The largest absolute Gasteiger partial charge is 0.444 e. The predicted molar refractivity (Wildman–Crippen MR) is 68.4 cm³/mol. The van der Waals surface area contributed by atoms with Gasteiger partial charge in [-0.1, -0.05) is 0 Å². The second-order valence-electron chi connectivity index (χ2n) is 5.54. The predicted octanol–water partition coefficient (Wildman–Crippen LogP) is 1.83. The number of aromatic nitrogens is 2. The van der Waals surface area contributed by atoms with Crippen molar-refractivity contribution >= 4 is 11.8 Å². The first kappa shape index (κ1) is 12.7. The summed E-state index contributed by atoms with van der Waals surface area (Å²) in [4.78, 5) is 13.6. The smallest absolute Gasteiger partial charge is 0.410 e. The van der Waals surface area contributed by atoms with Crippen LogP contribution in [-0.4, -0.2) is 45.9 Å². The van der Waals surface area contributed by atoms with Gasteiger partial charge in [0.2, 0.25) is 0 Å². The van der Waals surface area contributed by atoms with Crippen LogP contribution in [0.3, 0.4) is 0 Å². The maximum absolute atomic E-state index is 11.9. The van der Waals surface area contributed by atoms with E-state index in [9.17, 15) is 4.79 Å². The number of nitrogens with zero attached hydrogens (tertiary/aromatic N) is 2. The van der Waals surface area contributed by atoms with Gasteiger partial charge < -0.3 is 15.0 Å². The number of carbonyl (C=O) groups excluding carboxylic acids is 1. The maximum atomic E-state index is 11.9. The average Bonchev–Trinajstić information content (AvgIpc) is 2.86. The Morgan fingerprint density at radius 2 is 2.39 bits per heavy atom. The summed E-state index contributed by atoms with van der Waals surface area (Å²) in [6.07, 6.45) is 4.22. The van der Waals surface area contributed by atoms with Crippen LogP contribution in [0.15, 0.2) is 12.4 Å². The van der Waals surface area contributed by atoms with E-state index in [1.165, 1.54) is 0 Å². The third-order valence-corrected chi connectivity index (χ3v) is 2.71. The Morgan fingerprint density at radius 3 is 3.00 bits per heavy atom. The van der Waals surface area contributed by atoms with Crippen molar-refractivity contribution in [3.8, 4) is 0 Å². The number of ether oxygens (including phenoxy) is 1. The van der Waals surface area contributed by atoms with Crippen molar-refractivity contribution in [2.45, 2.75) is 38.8 Å². The van der Waals surface area contributed by atoms with Gasteiger partial charge in [-0.2, -0.15) is 5.10 Å². The van der Waals surface area contributed by atoms with Gasteiger partial charge in [-0.05, 0) is 27.2 Å². The van der Waals surface area contributed by atoms with Gasteiger partial charge in [-0.25, -0.2) is 4.79 Å². The van der Waals surface area contributed by atoms with Crippen molar-refractivity contribution in [1.82, 2.24) is 15.1 Å². The maximum Gasteiger partial charge on any atom is 0.410 e. The Labute approximate surface area is 107 Å². The zero-order valence-electron chi connectivity index (χ0n) is 11.1. The fraction of sp³-hybridized carbons (Fsp3) is 0.667. The number of amides is 1. The van der Waals surface area contributed by atoms with Gasteiger partial charge in [0.05, 0.1) is 11.9 Å². The molecule has 6 heteroatoms. The monoisotopic (exact) mass is 252 g/mol. The first-order valence-corrected chi connectivity index (χ1v) is 6.17. The highest BCUT2D eigenvalue weighted by Crippen LogP contribution is 2.17. The second-order valence-corrected chi connectivity index (χ2v) is 5.54. The van der Waals surface area contributed by atoms with Crippen LogP contribution in [0.4, 0.5) is 10.5 Å². The molecule has 100 valence electrons. The van der Waals surface area contributed by atoms with E-state index in [0.29, 0.717) is 6.54 Å². The number of rotatable bonds is 2. The number of anilines is 1. The number of H-pyrrole nitrogens is 1. The van der Waals surface area contributed by atoms with E-state index in [1.807, 2.05) is 20.8 Å². The highest BCUT2D eigenvalue weighted by atomic mass is 16.6. The molecule has 2 heterocycles. The third-order valence-electron chi connectivity index (χ3n) is 2.71. The SMILES string of the molecule is CC(C)(C)OC(=O)N1CCC(Nc2cn[nH]c2)C1. The van der Waals surface area contributed by atoms with Gasteiger partial charge in [0.15, 0.2) is 0 Å². The van der Waals surface area contributed by atoms with Gasteiger partial charge in [0.1, 0.15) is 5.60 Å². The molecule has 1 aromatic heterocycles. The molecule has 1 aromatic rings. The third kappa shape index (κ3) is 3.38. The van der Waals surface area contributed by atoms with Crippen LogP contribution in [-0.2, 0) is 4.74 Å². The zero-order valence-corrected chi connectivity index (χ0v) is 11.1. The summed E-state index contributed by atoms with van der Waals surface area (Å²) in [5, 5.41) is 9.95. The van der Waals surface area contributed by atoms with E-state index in [4.69, 9.17) is 4.74 Å².